The van der Waals surface area contributed by atoms with Gasteiger partial charge in [-0.2, -0.15) is 0 Å². The Kier molecular flexibility index (Phi) is 6.68. The third-order valence-corrected chi connectivity index (χ3v) is 7.86. The molecule has 1 amide bonds. The Morgan fingerprint density at radius 3 is 2.58 bits per heavy atom. The topological polar surface area (TPSA) is 85.6 Å². The van der Waals surface area contributed by atoms with E-state index < -0.39 is 0 Å². The van der Waals surface area contributed by atoms with Crippen LogP contribution in [0.5, 0.6) is 0 Å². The Morgan fingerprint density at radius 1 is 0.947 bits per heavy atom. The number of aryl methyl sites for hydroxylation is 1. The third-order valence-electron chi connectivity index (χ3n) is 5.86. The van der Waals surface area contributed by atoms with Crippen molar-refractivity contribution in [3.8, 4) is 27.6 Å². The van der Waals surface area contributed by atoms with E-state index in [1.807, 2.05) is 71.3 Å². The third kappa shape index (κ3) is 5.06. The molecule has 0 spiro atoms. The first kappa shape index (κ1) is 24.0. The van der Waals surface area contributed by atoms with Crippen LogP contribution in [0.3, 0.4) is 0 Å². The number of nitrogens with one attached hydrogen (secondary N) is 1. The van der Waals surface area contributed by atoms with Gasteiger partial charge in [-0.3, -0.25) is 14.3 Å². The number of nitrogens with zero attached hydrogens (tertiary/aromatic N) is 5. The Morgan fingerprint density at radius 2 is 1.79 bits per heavy atom. The molecule has 0 aliphatic rings. The number of anilines is 1. The Labute approximate surface area is 227 Å². The molecule has 3 aromatic carbocycles. The Hall–Kier alpha value is -4.34. The van der Waals surface area contributed by atoms with Gasteiger partial charge in [-0.1, -0.05) is 36.0 Å². The van der Waals surface area contributed by atoms with Crippen LogP contribution < -0.4 is 5.32 Å². The molecule has 0 bridgehead atoms. The van der Waals surface area contributed by atoms with Gasteiger partial charge >= 0.3 is 0 Å². The summed E-state index contributed by atoms with van der Waals surface area (Å²) >= 11 is 3.01. The zero-order chi connectivity index (χ0) is 25.9. The molecule has 3 aromatic heterocycles. The largest absolute Gasteiger partial charge is 0.325 e. The molecule has 3 heterocycles. The molecule has 0 fully saturated rings. The summed E-state index contributed by atoms with van der Waals surface area (Å²) in [5.41, 5.74) is 5.74. The monoisotopic (exact) mass is 534 g/mol. The molecule has 0 radical (unpaired) electrons. The van der Waals surface area contributed by atoms with E-state index in [4.69, 9.17) is 4.98 Å². The lowest BCUT2D eigenvalue weighted by Gasteiger charge is -2.10. The maximum Gasteiger partial charge on any atom is 0.234 e. The van der Waals surface area contributed by atoms with Crippen molar-refractivity contribution in [2.24, 2.45) is 0 Å². The number of para-hydroxylation sites is 1. The van der Waals surface area contributed by atoms with Gasteiger partial charge in [-0.05, 0) is 73.2 Å². The summed E-state index contributed by atoms with van der Waals surface area (Å²) in [5, 5.41) is 13.3. The molecule has 186 valence electrons. The second kappa shape index (κ2) is 10.6. The van der Waals surface area contributed by atoms with Crippen LogP contribution in [0.2, 0.25) is 0 Å². The van der Waals surface area contributed by atoms with E-state index in [9.17, 15) is 4.79 Å². The highest BCUT2D eigenvalue weighted by Crippen LogP contribution is 2.32. The van der Waals surface area contributed by atoms with Gasteiger partial charge in [0, 0.05) is 34.9 Å². The molecule has 0 saturated carbocycles. The number of carbonyl (C=O) groups excluding carboxylic acids is 1. The number of carbonyl (C=O) groups is 1. The molecule has 0 aliphatic heterocycles. The average molecular weight is 535 g/mol. The molecular weight excluding hydrogens is 512 g/mol. The van der Waals surface area contributed by atoms with Gasteiger partial charge < -0.3 is 5.32 Å². The van der Waals surface area contributed by atoms with Gasteiger partial charge in [0.1, 0.15) is 5.01 Å². The fourth-order valence-electron chi connectivity index (χ4n) is 4.03. The summed E-state index contributed by atoms with van der Waals surface area (Å²) in [6.07, 6.45) is 3.47. The summed E-state index contributed by atoms with van der Waals surface area (Å²) < 4.78 is 3.12. The van der Waals surface area contributed by atoms with Crippen LogP contribution in [0, 0.1) is 6.92 Å². The van der Waals surface area contributed by atoms with Crippen molar-refractivity contribution >= 4 is 44.9 Å². The molecule has 0 unspecified atom stereocenters. The highest BCUT2D eigenvalue weighted by molar-refractivity contribution is 7.99. The lowest BCUT2D eigenvalue weighted by Crippen LogP contribution is -2.14. The van der Waals surface area contributed by atoms with Crippen LogP contribution in [0.1, 0.15) is 5.56 Å². The number of fused-ring (bicyclic) bond motifs is 1. The number of aromatic nitrogens is 5. The summed E-state index contributed by atoms with van der Waals surface area (Å²) in [6, 6.07) is 27.7. The normalized spacial score (nSPS) is 11.1. The van der Waals surface area contributed by atoms with E-state index in [2.05, 4.69) is 45.6 Å². The second-order valence-electron chi connectivity index (χ2n) is 8.62. The summed E-state index contributed by atoms with van der Waals surface area (Å²) in [6.45, 7) is 2.08. The molecule has 6 rings (SSSR count). The lowest BCUT2D eigenvalue weighted by atomic mass is 10.2. The molecule has 1 N–H and O–H groups in total. The smallest absolute Gasteiger partial charge is 0.234 e. The number of pyridine rings is 1. The molecule has 9 heteroatoms. The molecule has 0 saturated heterocycles. The van der Waals surface area contributed by atoms with Gasteiger partial charge in [0.25, 0.3) is 0 Å². The number of rotatable bonds is 7. The van der Waals surface area contributed by atoms with E-state index in [0.717, 1.165) is 33.0 Å². The number of thioether (sulfide) groups is 1. The first-order valence-corrected chi connectivity index (χ1v) is 13.8. The highest BCUT2D eigenvalue weighted by atomic mass is 32.2. The fourth-order valence-corrected chi connectivity index (χ4v) is 5.86. The van der Waals surface area contributed by atoms with E-state index in [-0.39, 0.29) is 11.7 Å². The maximum absolute atomic E-state index is 12.8. The zero-order valence-electron chi connectivity index (χ0n) is 20.4. The van der Waals surface area contributed by atoms with E-state index >= 15 is 0 Å². The zero-order valence-corrected chi connectivity index (χ0v) is 22.0. The number of thiazole rings is 1. The van der Waals surface area contributed by atoms with Gasteiger partial charge in [0.05, 0.1) is 16.0 Å². The predicted molar refractivity (Wildman–Crippen MR) is 154 cm³/mol. The van der Waals surface area contributed by atoms with Crippen molar-refractivity contribution in [1.29, 1.82) is 0 Å². The van der Waals surface area contributed by atoms with E-state index in [1.165, 1.54) is 22.0 Å². The van der Waals surface area contributed by atoms with Crippen molar-refractivity contribution in [2.75, 3.05) is 11.1 Å². The minimum atomic E-state index is -0.122. The first-order valence-electron chi connectivity index (χ1n) is 12.0. The SMILES string of the molecule is Cc1ccc2nc(-c3ccc(NC(=O)CSc4nnc(-c5cccnc5)n4-c4ccccc4)cc3)sc2c1. The maximum atomic E-state index is 12.8. The van der Waals surface area contributed by atoms with Crippen molar-refractivity contribution in [3.63, 3.8) is 0 Å². The van der Waals surface area contributed by atoms with Crippen molar-refractivity contribution in [1.82, 2.24) is 24.7 Å². The molecular formula is C29H22N6OS2. The number of amides is 1. The molecule has 7 nitrogen and oxygen atoms in total. The van der Waals surface area contributed by atoms with Crippen LogP contribution in [0.25, 0.3) is 37.9 Å². The first-order chi connectivity index (χ1) is 18.6. The van der Waals surface area contributed by atoms with Crippen molar-refractivity contribution in [2.45, 2.75) is 12.1 Å². The van der Waals surface area contributed by atoms with Crippen LogP contribution in [0.15, 0.2) is 102 Å². The minimum Gasteiger partial charge on any atom is -0.325 e. The second-order valence-corrected chi connectivity index (χ2v) is 10.6. The average Bonchev–Trinajstić information content (AvgIpc) is 3.57. The van der Waals surface area contributed by atoms with Crippen molar-refractivity contribution < 1.29 is 4.79 Å². The number of hydrogen-bond donors (Lipinski definition) is 1. The Bertz CT molecular complexity index is 1710. The van der Waals surface area contributed by atoms with Crippen LogP contribution in [0.4, 0.5) is 5.69 Å². The number of benzene rings is 3. The van der Waals surface area contributed by atoms with Gasteiger partial charge in [0.2, 0.25) is 5.91 Å². The minimum absolute atomic E-state index is 0.122. The van der Waals surface area contributed by atoms with Gasteiger partial charge in [0.15, 0.2) is 11.0 Å². The molecule has 0 atom stereocenters. The molecule has 6 aromatic rings. The quantitative estimate of drug-likeness (QED) is 0.231. The van der Waals surface area contributed by atoms with Crippen LogP contribution >= 0.6 is 23.1 Å². The predicted octanol–water partition coefficient (Wildman–Crippen LogP) is 6.65. The van der Waals surface area contributed by atoms with Crippen LogP contribution in [-0.2, 0) is 4.79 Å². The van der Waals surface area contributed by atoms with E-state index in [0.29, 0.717) is 11.0 Å². The fraction of sp³-hybridized carbons (Fsp3) is 0.0690. The molecule has 38 heavy (non-hydrogen) atoms. The molecule has 0 aliphatic carbocycles. The van der Waals surface area contributed by atoms with Crippen molar-refractivity contribution in [3.05, 3.63) is 103 Å². The van der Waals surface area contributed by atoms with Gasteiger partial charge in [-0.25, -0.2) is 4.98 Å². The highest BCUT2D eigenvalue weighted by Gasteiger charge is 2.17. The summed E-state index contributed by atoms with van der Waals surface area (Å²) in [4.78, 5) is 21.8. The Balaban J connectivity index is 1.16. The summed E-state index contributed by atoms with van der Waals surface area (Å²) in [7, 11) is 0. The number of hydrogen-bond acceptors (Lipinski definition) is 7. The summed E-state index contributed by atoms with van der Waals surface area (Å²) in [5.74, 6) is 0.744. The van der Waals surface area contributed by atoms with E-state index in [1.54, 1.807) is 23.7 Å². The van der Waals surface area contributed by atoms with Gasteiger partial charge in [-0.15, -0.1) is 21.5 Å². The standard InChI is InChI=1S/C29H22N6OS2/c1-19-9-14-24-25(16-19)38-28(32-24)20-10-12-22(13-11-20)31-26(36)18-37-29-34-33-27(21-6-5-15-30-17-21)35(29)23-7-3-2-4-8-23/h2-17H,18H2,1H3,(H,31,36). The van der Waals surface area contributed by atoms with Crippen LogP contribution in [-0.4, -0.2) is 36.4 Å². The lowest BCUT2D eigenvalue weighted by molar-refractivity contribution is -0.113.